The molecule has 1 aromatic carbocycles. The molecule has 0 unspecified atom stereocenters. The molecule has 0 aliphatic heterocycles. The third-order valence-corrected chi connectivity index (χ3v) is 2.75. The number of nitrogens with zero attached hydrogens (tertiary/aromatic N) is 2. The molecular formula is C11H12BrN3O. The molecule has 0 spiro atoms. The summed E-state index contributed by atoms with van der Waals surface area (Å²) in [4.78, 5) is 14.8. The molecule has 0 radical (unpaired) electrons. The van der Waals surface area contributed by atoms with Crippen LogP contribution in [0, 0.1) is 0 Å². The second-order valence-corrected chi connectivity index (χ2v) is 4.35. The van der Waals surface area contributed by atoms with Gasteiger partial charge in [0.25, 0.3) is 4.82 Å². The zero-order valence-electron chi connectivity index (χ0n) is 8.90. The Balaban J connectivity index is 2.11. The first kappa shape index (κ1) is 11.1. The number of carbonyl (C=O) groups is 1. The van der Waals surface area contributed by atoms with E-state index in [2.05, 4.69) is 38.4 Å². The molecule has 5 heteroatoms. The highest BCUT2D eigenvalue weighted by atomic mass is 79.9. The van der Waals surface area contributed by atoms with Gasteiger partial charge < -0.3 is 9.88 Å². The monoisotopic (exact) mass is 281 g/mol. The lowest BCUT2D eigenvalue weighted by Crippen LogP contribution is -2.18. The molecule has 0 saturated carbocycles. The van der Waals surface area contributed by atoms with Crippen molar-refractivity contribution in [2.75, 3.05) is 6.54 Å². The molecule has 84 valence electrons. The molecule has 0 saturated heterocycles. The zero-order valence-corrected chi connectivity index (χ0v) is 10.5. The minimum Gasteiger partial charge on any atom is -0.346 e. The number of hydrogen-bond acceptors (Lipinski definition) is 2. The molecule has 0 aliphatic rings. The smallest absolute Gasteiger partial charge is 0.287 e. The summed E-state index contributed by atoms with van der Waals surface area (Å²) in [6.45, 7) is 0.627. The first-order valence-corrected chi connectivity index (χ1v) is 5.79. The molecule has 0 bridgehead atoms. The minimum atomic E-state index is -0.175. The van der Waals surface area contributed by atoms with E-state index in [-0.39, 0.29) is 4.82 Å². The summed E-state index contributed by atoms with van der Waals surface area (Å²) in [5.74, 6) is 0. The minimum absolute atomic E-state index is 0.175. The maximum Gasteiger partial charge on any atom is 0.287 e. The van der Waals surface area contributed by atoms with Gasteiger partial charge in [0.15, 0.2) is 0 Å². The first-order valence-electron chi connectivity index (χ1n) is 5.00. The second kappa shape index (κ2) is 4.65. The molecule has 16 heavy (non-hydrogen) atoms. The molecular weight excluding hydrogens is 270 g/mol. The Morgan fingerprint density at radius 1 is 1.56 bits per heavy atom. The van der Waals surface area contributed by atoms with E-state index in [1.807, 2.05) is 17.7 Å². The van der Waals surface area contributed by atoms with Crippen LogP contribution in [0.2, 0.25) is 0 Å². The predicted molar refractivity (Wildman–Crippen MR) is 66.7 cm³/mol. The van der Waals surface area contributed by atoms with Crippen LogP contribution in [0.3, 0.4) is 0 Å². The molecule has 1 N–H and O–H groups in total. The standard InChI is InChI=1S/C11H12BrN3O/c1-15-7-14-9-6-8(2-3-10(9)15)4-5-13-11(12)16/h2-3,6-7H,4-5H2,1H3,(H,13,16). The van der Waals surface area contributed by atoms with Crippen molar-refractivity contribution in [1.29, 1.82) is 0 Å². The number of fused-ring (bicyclic) bond motifs is 1. The summed E-state index contributed by atoms with van der Waals surface area (Å²) in [6.07, 6.45) is 2.61. The van der Waals surface area contributed by atoms with Gasteiger partial charge in [0, 0.05) is 29.5 Å². The maximum atomic E-state index is 10.6. The number of aromatic nitrogens is 2. The van der Waals surface area contributed by atoms with Crippen molar-refractivity contribution < 1.29 is 4.79 Å². The van der Waals surface area contributed by atoms with Crippen LogP contribution in [0.25, 0.3) is 11.0 Å². The number of amides is 1. The van der Waals surface area contributed by atoms with E-state index in [4.69, 9.17) is 0 Å². The number of carbonyl (C=O) groups excluding carboxylic acids is 1. The van der Waals surface area contributed by atoms with E-state index in [9.17, 15) is 4.79 Å². The van der Waals surface area contributed by atoms with E-state index in [1.165, 1.54) is 5.56 Å². The van der Waals surface area contributed by atoms with E-state index in [0.717, 1.165) is 17.5 Å². The van der Waals surface area contributed by atoms with Crippen LogP contribution in [0.15, 0.2) is 24.5 Å². The number of hydrogen-bond donors (Lipinski definition) is 1. The topological polar surface area (TPSA) is 46.9 Å². The molecule has 2 aromatic rings. The number of aryl methyl sites for hydroxylation is 1. The molecule has 1 heterocycles. The summed E-state index contributed by atoms with van der Waals surface area (Å²) >= 11 is 2.83. The van der Waals surface area contributed by atoms with Crippen molar-refractivity contribution in [1.82, 2.24) is 14.9 Å². The van der Waals surface area contributed by atoms with Crippen molar-refractivity contribution in [3.8, 4) is 0 Å². The number of imidazole rings is 1. The third-order valence-electron chi connectivity index (χ3n) is 2.47. The number of halogens is 1. The molecule has 0 fully saturated rings. The Hall–Kier alpha value is -1.36. The quantitative estimate of drug-likeness (QED) is 0.693. The highest BCUT2D eigenvalue weighted by molar-refractivity contribution is 9.18. The van der Waals surface area contributed by atoms with E-state index >= 15 is 0 Å². The molecule has 2 rings (SSSR count). The van der Waals surface area contributed by atoms with Crippen molar-refractivity contribution in [3.05, 3.63) is 30.1 Å². The Kier molecular flexibility index (Phi) is 3.24. The van der Waals surface area contributed by atoms with Gasteiger partial charge >= 0.3 is 0 Å². The van der Waals surface area contributed by atoms with Gasteiger partial charge in [-0.05, 0) is 24.1 Å². The highest BCUT2D eigenvalue weighted by Crippen LogP contribution is 2.13. The summed E-state index contributed by atoms with van der Waals surface area (Å²) in [5.41, 5.74) is 3.28. The largest absolute Gasteiger partial charge is 0.346 e. The average Bonchev–Trinajstić information content (AvgIpc) is 2.60. The van der Waals surface area contributed by atoms with Crippen molar-refractivity contribution in [3.63, 3.8) is 0 Å². The van der Waals surface area contributed by atoms with Gasteiger partial charge in [-0.15, -0.1) is 0 Å². The Bertz CT molecular complexity index is 521. The van der Waals surface area contributed by atoms with Gasteiger partial charge in [-0.3, -0.25) is 4.79 Å². The maximum absolute atomic E-state index is 10.6. The van der Waals surface area contributed by atoms with Crippen LogP contribution < -0.4 is 5.32 Å². The zero-order chi connectivity index (χ0) is 11.5. The first-order chi connectivity index (χ1) is 7.66. The van der Waals surface area contributed by atoms with Gasteiger partial charge in [-0.25, -0.2) is 4.98 Å². The lowest BCUT2D eigenvalue weighted by molar-refractivity contribution is 0.262. The fourth-order valence-corrected chi connectivity index (χ4v) is 1.84. The van der Waals surface area contributed by atoms with Gasteiger partial charge in [0.05, 0.1) is 17.4 Å². The van der Waals surface area contributed by atoms with E-state index < -0.39 is 0 Å². The fourth-order valence-electron chi connectivity index (χ4n) is 1.64. The SMILES string of the molecule is Cn1cnc2cc(CCNC(=O)Br)ccc21. The number of nitrogens with one attached hydrogen (secondary N) is 1. The van der Waals surface area contributed by atoms with Gasteiger partial charge in [0.2, 0.25) is 0 Å². The van der Waals surface area contributed by atoms with Gasteiger partial charge in [-0.2, -0.15) is 0 Å². The highest BCUT2D eigenvalue weighted by Gasteiger charge is 2.01. The van der Waals surface area contributed by atoms with Gasteiger partial charge in [0.1, 0.15) is 0 Å². The van der Waals surface area contributed by atoms with E-state index in [1.54, 1.807) is 6.33 Å². The molecule has 1 amide bonds. The van der Waals surface area contributed by atoms with Crippen LogP contribution in [0.5, 0.6) is 0 Å². The summed E-state index contributed by atoms with van der Waals surface area (Å²) < 4.78 is 1.99. The summed E-state index contributed by atoms with van der Waals surface area (Å²) in [5, 5.41) is 2.70. The molecule has 1 aromatic heterocycles. The second-order valence-electron chi connectivity index (χ2n) is 3.63. The van der Waals surface area contributed by atoms with Crippen LogP contribution >= 0.6 is 15.9 Å². The molecule has 0 aliphatic carbocycles. The predicted octanol–water partition coefficient (Wildman–Crippen LogP) is 2.22. The lowest BCUT2D eigenvalue weighted by Gasteiger charge is -2.02. The molecule has 0 atom stereocenters. The van der Waals surface area contributed by atoms with Crippen LogP contribution in [-0.2, 0) is 13.5 Å². The van der Waals surface area contributed by atoms with E-state index in [0.29, 0.717) is 6.54 Å². The lowest BCUT2D eigenvalue weighted by atomic mass is 10.1. The molecule has 4 nitrogen and oxygen atoms in total. The Morgan fingerprint density at radius 2 is 2.38 bits per heavy atom. The van der Waals surface area contributed by atoms with Crippen LogP contribution in [0.1, 0.15) is 5.56 Å². The normalized spacial score (nSPS) is 10.6. The average molecular weight is 282 g/mol. The summed E-state index contributed by atoms with van der Waals surface area (Å²) in [6, 6.07) is 6.16. The number of benzene rings is 1. The van der Waals surface area contributed by atoms with Crippen molar-refractivity contribution in [2.45, 2.75) is 6.42 Å². The Morgan fingerprint density at radius 3 is 3.12 bits per heavy atom. The fraction of sp³-hybridized carbons (Fsp3) is 0.273. The Labute approximate surface area is 102 Å². The number of rotatable bonds is 3. The summed E-state index contributed by atoms with van der Waals surface area (Å²) in [7, 11) is 1.97. The van der Waals surface area contributed by atoms with Crippen molar-refractivity contribution in [2.24, 2.45) is 7.05 Å². The third kappa shape index (κ3) is 2.41. The van der Waals surface area contributed by atoms with Crippen LogP contribution in [-0.4, -0.2) is 20.9 Å². The van der Waals surface area contributed by atoms with Crippen LogP contribution in [0.4, 0.5) is 4.79 Å². The van der Waals surface area contributed by atoms with Crippen molar-refractivity contribution >= 4 is 31.8 Å². The van der Waals surface area contributed by atoms with Gasteiger partial charge in [-0.1, -0.05) is 6.07 Å².